The van der Waals surface area contributed by atoms with Crippen LogP contribution in [0.1, 0.15) is 12.5 Å². The molecule has 0 spiro atoms. The van der Waals surface area contributed by atoms with Gasteiger partial charge in [0.15, 0.2) is 5.70 Å². The first-order valence-corrected chi connectivity index (χ1v) is 6.57. The second-order valence-electron chi connectivity index (χ2n) is 4.31. The maximum atomic E-state index is 11.7. The van der Waals surface area contributed by atoms with Crippen LogP contribution in [-0.4, -0.2) is 35.4 Å². The third kappa shape index (κ3) is 5.06. The van der Waals surface area contributed by atoms with E-state index in [0.717, 1.165) is 5.56 Å². The lowest BCUT2D eigenvalue weighted by atomic mass is 10.1. The SMILES string of the molecule is C=N/C(C(=O)NCC(=O)O)=C(O)\C=C(/C)c1cccc(Cl)c1. The number of amides is 1. The number of halogens is 1. The normalized spacial score (nSPS) is 12.4. The van der Waals surface area contributed by atoms with Gasteiger partial charge in [0, 0.05) is 5.02 Å². The van der Waals surface area contributed by atoms with Crippen LogP contribution in [0.15, 0.2) is 46.8 Å². The number of benzene rings is 1. The molecule has 0 bridgehead atoms. The van der Waals surface area contributed by atoms with E-state index < -0.39 is 24.2 Å². The van der Waals surface area contributed by atoms with Crippen LogP contribution in [0.3, 0.4) is 0 Å². The Hall–Kier alpha value is -2.60. The van der Waals surface area contributed by atoms with Crippen molar-refractivity contribution in [2.45, 2.75) is 6.92 Å². The number of carbonyl (C=O) groups excluding carboxylic acids is 1. The van der Waals surface area contributed by atoms with Gasteiger partial charge in [0.25, 0.3) is 5.91 Å². The summed E-state index contributed by atoms with van der Waals surface area (Å²) in [4.78, 5) is 25.6. The molecule has 0 aliphatic carbocycles. The average Bonchev–Trinajstić information content (AvgIpc) is 2.45. The molecule has 0 atom stereocenters. The Kier molecular flexibility index (Phi) is 6.34. The summed E-state index contributed by atoms with van der Waals surface area (Å²) in [5.41, 5.74) is 1.04. The molecule has 0 aliphatic rings. The van der Waals surface area contributed by atoms with Crippen molar-refractivity contribution >= 4 is 35.8 Å². The third-order valence-electron chi connectivity index (χ3n) is 2.65. The van der Waals surface area contributed by atoms with Crippen molar-refractivity contribution in [1.82, 2.24) is 5.32 Å². The molecule has 1 aromatic rings. The lowest BCUT2D eigenvalue weighted by molar-refractivity contribution is -0.137. The average molecular weight is 323 g/mol. The van der Waals surface area contributed by atoms with E-state index in [0.29, 0.717) is 10.6 Å². The van der Waals surface area contributed by atoms with Gasteiger partial charge in [-0.25, -0.2) is 0 Å². The maximum Gasteiger partial charge on any atom is 0.322 e. The molecule has 0 saturated carbocycles. The molecule has 0 aliphatic heterocycles. The van der Waals surface area contributed by atoms with E-state index in [1.165, 1.54) is 6.08 Å². The number of aliphatic imine (C=N–C) groups is 1. The van der Waals surface area contributed by atoms with Crippen LogP contribution in [-0.2, 0) is 9.59 Å². The number of carboxylic acids is 1. The first kappa shape index (κ1) is 17.5. The van der Waals surface area contributed by atoms with Crippen molar-refractivity contribution in [3.63, 3.8) is 0 Å². The number of carbonyl (C=O) groups is 2. The molecule has 0 fully saturated rings. The predicted molar refractivity (Wildman–Crippen MR) is 85.0 cm³/mol. The van der Waals surface area contributed by atoms with Gasteiger partial charge in [-0.3, -0.25) is 14.6 Å². The zero-order valence-electron chi connectivity index (χ0n) is 11.8. The Morgan fingerprint density at radius 3 is 2.64 bits per heavy atom. The van der Waals surface area contributed by atoms with Gasteiger partial charge in [-0.1, -0.05) is 23.7 Å². The van der Waals surface area contributed by atoms with E-state index in [-0.39, 0.29) is 5.70 Å². The van der Waals surface area contributed by atoms with Gasteiger partial charge < -0.3 is 15.5 Å². The number of rotatable bonds is 6. The molecule has 1 amide bonds. The standard InChI is InChI=1S/C15H15ClN2O4/c1-9(10-4-3-5-11(16)7-10)6-12(19)14(17-2)15(22)18-8-13(20)21/h3-7,19H,2,8H2,1H3,(H,18,22)(H,20,21)/b9-6+,14-12+. The number of carboxylic acid groups (broad SMARTS) is 1. The number of hydrogen-bond donors (Lipinski definition) is 3. The summed E-state index contributed by atoms with van der Waals surface area (Å²) < 4.78 is 0. The van der Waals surface area contributed by atoms with Gasteiger partial charge in [-0.15, -0.1) is 0 Å². The minimum atomic E-state index is -1.21. The molecule has 1 aromatic carbocycles. The lowest BCUT2D eigenvalue weighted by Gasteiger charge is -2.06. The van der Waals surface area contributed by atoms with Crippen molar-refractivity contribution in [1.29, 1.82) is 0 Å². The fourth-order valence-electron chi connectivity index (χ4n) is 1.60. The Morgan fingerprint density at radius 1 is 1.41 bits per heavy atom. The van der Waals surface area contributed by atoms with Gasteiger partial charge in [-0.2, -0.15) is 0 Å². The molecule has 0 unspecified atom stereocenters. The first-order chi connectivity index (χ1) is 10.3. The van der Waals surface area contributed by atoms with Crippen molar-refractivity contribution in [2.24, 2.45) is 4.99 Å². The predicted octanol–water partition coefficient (Wildman–Crippen LogP) is 2.41. The van der Waals surface area contributed by atoms with Crippen molar-refractivity contribution in [2.75, 3.05) is 6.54 Å². The Labute approximate surface area is 132 Å². The fraction of sp³-hybridized carbons (Fsp3) is 0.133. The minimum absolute atomic E-state index is 0.359. The fourth-order valence-corrected chi connectivity index (χ4v) is 1.79. The number of allylic oxidation sites excluding steroid dienone is 2. The molecule has 7 heteroatoms. The van der Waals surface area contributed by atoms with E-state index in [9.17, 15) is 14.7 Å². The van der Waals surface area contributed by atoms with Crippen molar-refractivity contribution < 1.29 is 19.8 Å². The van der Waals surface area contributed by atoms with Crippen LogP contribution in [0.4, 0.5) is 0 Å². The van der Waals surface area contributed by atoms with Gasteiger partial charge in [0.05, 0.1) is 0 Å². The summed E-state index contributed by atoms with van der Waals surface area (Å²) in [6.45, 7) is 4.34. The monoisotopic (exact) mass is 322 g/mol. The summed E-state index contributed by atoms with van der Waals surface area (Å²) in [5, 5.41) is 21.1. The number of aliphatic hydroxyl groups excluding tert-OH is 1. The van der Waals surface area contributed by atoms with Crippen LogP contribution in [0.5, 0.6) is 0 Å². The van der Waals surface area contributed by atoms with Crippen molar-refractivity contribution in [3.05, 3.63) is 52.4 Å². The number of aliphatic carboxylic acids is 1. The molecular weight excluding hydrogens is 308 g/mol. The van der Waals surface area contributed by atoms with Gasteiger partial charge in [-0.05, 0) is 43.0 Å². The smallest absolute Gasteiger partial charge is 0.322 e. The molecule has 6 nitrogen and oxygen atoms in total. The van der Waals surface area contributed by atoms with E-state index in [1.54, 1.807) is 31.2 Å². The summed E-state index contributed by atoms with van der Waals surface area (Å²) in [7, 11) is 0. The largest absolute Gasteiger partial charge is 0.505 e. The molecule has 0 saturated heterocycles. The third-order valence-corrected chi connectivity index (χ3v) is 2.88. The molecule has 0 aromatic heterocycles. The highest BCUT2D eigenvalue weighted by atomic mass is 35.5. The summed E-state index contributed by atoms with van der Waals surface area (Å²) in [6, 6.07) is 6.95. The maximum absolute atomic E-state index is 11.7. The quantitative estimate of drug-likeness (QED) is 0.324. The van der Waals surface area contributed by atoms with E-state index in [1.807, 2.05) is 0 Å². The van der Waals surface area contributed by atoms with Crippen LogP contribution in [0.25, 0.3) is 5.57 Å². The highest BCUT2D eigenvalue weighted by molar-refractivity contribution is 6.30. The van der Waals surface area contributed by atoms with Gasteiger partial charge >= 0.3 is 5.97 Å². The van der Waals surface area contributed by atoms with E-state index in [2.05, 4.69) is 17.0 Å². The highest BCUT2D eigenvalue weighted by Crippen LogP contribution is 2.20. The minimum Gasteiger partial charge on any atom is -0.505 e. The second kappa shape index (κ2) is 7.99. The number of nitrogens with zero attached hydrogens (tertiary/aromatic N) is 1. The highest BCUT2D eigenvalue weighted by Gasteiger charge is 2.13. The van der Waals surface area contributed by atoms with Crippen LogP contribution in [0.2, 0.25) is 5.02 Å². The molecule has 3 N–H and O–H groups in total. The van der Waals surface area contributed by atoms with Crippen LogP contribution >= 0.6 is 11.6 Å². The van der Waals surface area contributed by atoms with Crippen LogP contribution in [0, 0.1) is 0 Å². The Morgan fingerprint density at radius 2 is 2.09 bits per heavy atom. The zero-order valence-corrected chi connectivity index (χ0v) is 12.6. The Balaban J connectivity index is 3.05. The molecule has 0 heterocycles. The zero-order chi connectivity index (χ0) is 16.7. The van der Waals surface area contributed by atoms with Gasteiger partial charge in [0.1, 0.15) is 12.3 Å². The summed E-state index contributed by atoms with van der Waals surface area (Å²) in [5.74, 6) is -2.46. The summed E-state index contributed by atoms with van der Waals surface area (Å²) in [6.07, 6.45) is 1.33. The number of aliphatic hydroxyl groups is 1. The number of hydrogen-bond acceptors (Lipinski definition) is 4. The number of nitrogens with one attached hydrogen (secondary N) is 1. The van der Waals surface area contributed by atoms with Gasteiger partial charge in [0.2, 0.25) is 0 Å². The van der Waals surface area contributed by atoms with E-state index >= 15 is 0 Å². The second-order valence-corrected chi connectivity index (χ2v) is 4.74. The molecule has 1 rings (SSSR count). The molecule has 116 valence electrons. The Bertz CT molecular complexity index is 665. The summed E-state index contributed by atoms with van der Waals surface area (Å²) >= 11 is 5.89. The molecular formula is C15H15ClN2O4. The van der Waals surface area contributed by atoms with E-state index in [4.69, 9.17) is 16.7 Å². The topological polar surface area (TPSA) is 99.0 Å². The molecule has 22 heavy (non-hydrogen) atoms. The van der Waals surface area contributed by atoms with Crippen molar-refractivity contribution in [3.8, 4) is 0 Å². The lowest BCUT2D eigenvalue weighted by Crippen LogP contribution is -2.30. The molecule has 0 radical (unpaired) electrons. The first-order valence-electron chi connectivity index (χ1n) is 6.19. The van der Waals surface area contributed by atoms with Crippen LogP contribution < -0.4 is 5.32 Å².